The number of carbonyl (C=O) groups is 2. The van der Waals surface area contributed by atoms with Crippen LogP contribution in [0.3, 0.4) is 0 Å². The van der Waals surface area contributed by atoms with Crippen LogP contribution in [0.4, 0.5) is 0 Å². The van der Waals surface area contributed by atoms with Crippen LogP contribution in [0.5, 0.6) is 0 Å². The first-order valence-corrected chi connectivity index (χ1v) is 32.0. The van der Waals surface area contributed by atoms with Gasteiger partial charge in [0, 0.05) is 6.92 Å². The van der Waals surface area contributed by atoms with Gasteiger partial charge in [-0.15, -0.1) is 0 Å². The molecular weight excluding hydrogens is 1070 g/mol. The second-order valence-electron chi connectivity index (χ2n) is 23.6. The average molecular weight is 1180 g/mol. The van der Waals surface area contributed by atoms with Crippen LogP contribution in [-0.2, 0) is 38.0 Å². The van der Waals surface area contributed by atoms with Crippen LogP contribution < -0.4 is 10.6 Å². The lowest BCUT2D eigenvalue weighted by atomic mass is 9.96. The van der Waals surface area contributed by atoms with Crippen molar-refractivity contribution in [2.45, 2.75) is 343 Å². The van der Waals surface area contributed by atoms with Crippen molar-refractivity contribution in [3.63, 3.8) is 0 Å². The summed E-state index contributed by atoms with van der Waals surface area (Å²) >= 11 is 0. The van der Waals surface area contributed by atoms with E-state index in [1.54, 1.807) is 0 Å². The molecule has 14 N–H and O–H groups in total. The van der Waals surface area contributed by atoms with Gasteiger partial charge in [-0.25, -0.2) is 0 Å². The van der Waals surface area contributed by atoms with Crippen molar-refractivity contribution in [3.05, 3.63) is 0 Å². The van der Waals surface area contributed by atoms with Gasteiger partial charge >= 0.3 is 0 Å². The van der Waals surface area contributed by atoms with Crippen LogP contribution in [0, 0.1) is 0 Å². The van der Waals surface area contributed by atoms with Crippen molar-refractivity contribution in [1.82, 2.24) is 10.6 Å². The summed E-state index contributed by atoms with van der Waals surface area (Å²) in [7, 11) is 0. The maximum atomic E-state index is 13.7. The summed E-state index contributed by atoms with van der Waals surface area (Å²) < 4.78 is 35.2. The average Bonchev–Trinajstić information content (AvgIpc) is 3.65. The Hall–Kier alpha value is -1.78. The monoisotopic (exact) mass is 1180 g/mol. The van der Waals surface area contributed by atoms with Crippen molar-refractivity contribution in [2.75, 3.05) is 26.4 Å². The minimum absolute atomic E-state index is 0.130. The first-order chi connectivity index (χ1) is 39.5. The summed E-state index contributed by atoms with van der Waals surface area (Å²) in [5.74, 6) is -1.48. The van der Waals surface area contributed by atoms with E-state index in [1.807, 2.05) is 0 Å². The lowest BCUT2D eigenvalue weighted by Crippen LogP contribution is -2.66. The standard InChI is InChI=1S/C60H114N2O20/c1-4-6-8-10-12-14-16-18-19-20-21-22-23-25-27-29-31-33-35-43(67)57(76)62-41(48(68)42(66)34-32-30-28-26-24-17-15-13-11-9-7-5-2)38-77-60-56(82-59-55(75)53(73)50(70)45(37-64)80-59)54(74)51(71)46(81-60)39-78-58-47(61-40(3)65)52(72)49(69)44(36-63)79-58/h41-56,58-60,63-64,66-75H,4-39H2,1-3H3,(H,61,65)(H,62,76). The summed E-state index contributed by atoms with van der Waals surface area (Å²) in [5.41, 5.74) is 0. The number of rotatable bonds is 47. The molecule has 2 amide bonds. The van der Waals surface area contributed by atoms with Gasteiger partial charge in [0.05, 0.1) is 38.6 Å². The second kappa shape index (κ2) is 43.8. The zero-order chi connectivity index (χ0) is 60.2. The van der Waals surface area contributed by atoms with Gasteiger partial charge in [0.15, 0.2) is 18.9 Å². The SMILES string of the molecule is CCCCCCCCCCCCCCCCCCCCC(O)C(=O)NC(COC1OC(COC2OC(CO)C(O)C(O)C2NC(C)=O)C(O)C(O)C1OC1OC(CO)C(O)C(O)C1O)C(O)C(O)CCCCCCCCCCCCCC. The minimum atomic E-state index is -2.01. The molecule has 19 atom stereocenters. The Morgan fingerprint density at radius 3 is 1.32 bits per heavy atom. The number of ether oxygens (including phenoxy) is 6. The molecule has 0 aromatic rings. The fraction of sp³-hybridized carbons (Fsp3) is 0.967. The summed E-state index contributed by atoms with van der Waals surface area (Å²) in [5, 5.41) is 135. The Morgan fingerprint density at radius 1 is 0.463 bits per heavy atom. The largest absolute Gasteiger partial charge is 0.394 e. The number of hydrogen-bond donors (Lipinski definition) is 14. The highest BCUT2D eigenvalue weighted by atomic mass is 16.8. The van der Waals surface area contributed by atoms with E-state index in [4.69, 9.17) is 28.4 Å². The van der Waals surface area contributed by atoms with Gasteiger partial charge in [-0.3, -0.25) is 9.59 Å². The molecule has 0 aromatic heterocycles. The van der Waals surface area contributed by atoms with E-state index in [-0.39, 0.29) is 12.8 Å². The number of carbonyl (C=O) groups excluding carboxylic acids is 2. The number of unbranched alkanes of at least 4 members (excludes halogenated alkanes) is 28. The van der Waals surface area contributed by atoms with E-state index in [2.05, 4.69) is 24.5 Å². The molecule has 19 unspecified atom stereocenters. The van der Waals surface area contributed by atoms with Gasteiger partial charge in [-0.05, 0) is 12.8 Å². The molecule has 0 aromatic carbocycles. The molecule has 0 saturated carbocycles. The summed E-state index contributed by atoms with van der Waals surface area (Å²) in [6.07, 6.45) is 5.83. The molecule has 3 aliphatic heterocycles. The summed E-state index contributed by atoms with van der Waals surface area (Å²) in [4.78, 5) is 25.8. The van der Waals surface area contributed by atoms with E-state index in [0.717, 1.165) is 64.7 Å². The van der Waals surface area contributed by atoms with Gasteiger partial charge in [0.2, 0.25) is 11.8 Å². The van der Waals surface area contributed by atoms with Gasteiger partial charge in [-0.2, -0.15) is 0 Å². The first-order valence-electron chi connectivity index (χ1n) is 32.0. The highest BCUT2D eigenvalue weighted by Crippen LogP contribution is 2.32. The lowest BCUT2D eigenvalue weighted by Gasteiger charge is -2.47. The van der Waals surface area contributed by atoms with E-state index in [9.17, 15) is 70.9 Å². The summed E-state index contributed by atoms with van der Waals surface area (Å²) in [6, 6.07) is -2.82. The third kappa shape index (κ3) is 27.5. The number of hydrogen-bond acceptors (Lipinski definition) is 20. The molecule has 82 heavy (non-hydrogen) atoms. The Labute approximate surface area is 489 Å². The van der Waals surface area contributed by atoms with Crippen LogP contribution in [0.25, 0.3) is 0 Å². The first kappa shape index (κ1) is 74.5. The van der Waals surface area contributed by atoms with E-state index in [0.29, 0.717) is 12.8 Å². The molecular formula is C60H114N2O20. The fourth-order valence-electron chi connectivity index (χ4n) is 11.2. The predicted molar refractivity (Wildman–Crippen MR) is 306 cm³/mol. The molecule has 0 aliphatic carbocycles. The number of nitrogens with one attached hydrogen (secondary N) is 2. The van der Waals surface area contributed by atoms with Crippen LogP contribution >= 0.6 is 0 Å². The van der Waals surface area contributed by atoms with Crippen molar-refractivity contribution in [1.29, 1.82) is 0 Å². The lowest BCUT2D eigenvalue weighted by molar-refractivity contribution is -0.371. The molecule has 3 heterocycles. The third-order valence-corrected chi connectivity index (χ3v) is 16.5. The van der Waals surface area contributed by atoms with Crippen molar-refractivity contribution >= 4 is 11.8 Å². The minimum Gasteiger partial charge on any atom is -0.394 e. The Morgan fingerprint density at radius 2 is 0.866 bits per heavy atom. The Bertz CT molecular complexity index is 1610. The van der Waals surface area contributed by atoms with Gasteiger partial charge < -0.3 is 100 Å². The molecule has 484 valence electrons. The van der Waals surface area contributed by atoms with Crippen LogP contribution in [-0.4, -0.2) is 216 Å². The van der Waals surface area contributed by atoms with Crippen molar-refractivity contribution in [3.8, 4) is 0 Å². The molecule has 0 spiro atoms. The predicted octanol–water partition coefficient (Wildman–Crippen LogP) is 3.69. The van der Waals surface area contributed by atoms with Gasteiger partial charge in [-0.1, -0.05) is 206 Å². The van der Waals surface area contributed by atoms with E-state index in [1.165, 1.54) is 122 Å². The molecule has 22 heteroatoms. The van der Waals surface area contributed by atoms with Crippen LogP contribution in [0.1, 0.15) is 226 Å². The smallest absolute Gasteiger partial charge is 0.249 e. The highest BCUT2D eigenvalue weighted by molar-refractivity contribution is 5.80. The number of aliphatic hydroxyl groups excluding tert-OH is 12. The quantitative estimate of drug-likeness (QED) is 0.0386. The highest BCUT2D eigenvalue weighted by Gasteiger charge is 2.52. The maximum absolute atomic E-state index is 13.7. The van der Waals surface area contributed by atoms with E-state index >= 15 is 0 Å². The second-order valence-corrected chi connectivity index (χ2v) is 23.6. The number of amides is 2. The fourth-order valence-corrected chi connectivity index (χ4v) is 11.2. The zero-order valence-corrected chi connectivity index (χ0v) is 50.1. The normalized spacial score (nSPS) is 30.2. The summed E-state index contributed by atoms with van der Waals surface area (Å²) in [6.45, 7) is 2.65. The third-order valence-electron chi connectivity index (χ3n) is 16.5. The molecule has 3 fully saturated rings. The zero-order valence-electron chi connectivity index (χ0n) is 50.1. The van der Waals surface area contributed by atoms with Crippen LogP contribution in [0.2, 0.25) is 0 Å². The Balaban J connectivity index is 1.70. The molecule has 3 rings (SSSR count). The maximum Gasteiger partial charge on any atom is 0.249 e. The van der Waals surface area contributed by atoms with Gasteiger partial charge in [0.25, 0.3) is 0 Å². The molecule has 3 aliphatic rings. The van der Waals surface area contributed by atoms with Gasteiger partial charge in [0.1, 0.15) is 85.4 Å². The Kier molecular flexibility index (Phi) is 39.8. The van der Waals surface area contributed by atoms with Crippen molar-refractivity contribution < 1.29 is 99.3 Å². The van der Waals surface area contributed by atoms with Crippen molar-refractivity contribution in [2.24, 2.45) is 0 Å². The van der Waals surface area contributed by atoms with E-state index < -0.39 is 155 Å². The molecule has 3 saturated heterocycles. The molecule has 0 bridgehead atoms. The molecule has 22 nitrogen and oxygen atoms in total. The topological polar surface area (TPSA) is 356 Å². The number of aliphatic hydroxyl groups is 12. The van der Waals surface area contributed by atoms with Crippen LogP contribution in [0.15, 0.2) is 0 Å². The molecule has 0 radical (unpaired) electrons.